The molecule has 0 radical (unpaired) electrons. The highest BCUT2D eigenvalue weighted by atomic mass is 16.5. The Hall–Kier alpha value is -1.26. The van der Waals surface area contributed by atoms with Crippen molar-refractivity contribution in [2.75, 3.05) is 31.7 Å². The molecule has 2 unspecified atom stereocenters. The van der Waals surface area contributed by atoms with E-state index in [2.05, 4.69) is 4.90 Å². The predicted octanol–water partition coefficient (Wildman–Crippen LogP) is 2.31. The van der Waals surface area contributed by atoms with E-state index in [1.807, 2.05) is 13.1 Å². The zero-order chi connectivity index (χ0) is 13.8. The summed E-state index contributed by atoms with van der Waals surface area (Å²) in [5.41, 5.74) is 1.53. The van der Waals surface area contributed by atoms with Crippen LogP contribution in [0.1, 0.15) is 31.4 Å². The minimum absolute atomic E-state index is 0.152. The number of phenols is 1. The number of benzene rings is 1. The lowest BCUT2D eigenvalue weighted by molar-refractivity contribution is 0.0576. The van der Waals surface area contributed by atoms with Gasteiger partial charge in [0.05, 0.1) is 12.7 Å². The van der Waals surface area contributed by atoms with Crippen molar-refractivity contribution < 1.29 is 14.9 Å². The molecule has 2 atom stereocenters. The molecule has 4 heteroatoms. The molecule has 106 valence electrons. The van der Waals surface area contributed by atoms with E-state index in [0.29, 0.717) is 11.5 Å². The standard InChI is InChI=1S/C15H23NO3/c1-11(17)14-6-5-13(8-15(14)18)16(2)9-12-4-3-7-19-10-12/h5-6,8,11-12,17-18H,3-4,7,9-10H2,1-2H3. The molecule has 1 aliphatic rings. The number of hydrogen-bond donors (Lipinski definition) is 2. The van der Waals surface area contributed by atoms with Crippen molar-refractivity contribution in [3.8, 4) is 5.75 Å². The van der Waals surface area contributed by atoms with Crippen LogP contribution in [0.15, 0.2) is 18.2 Å². The summed E-state index contributed by atoms with van der Waals surface area (Å²) in [5, 5.41) is 19.4. The molecule has 1 aliphatic heterocycles. The van der Waals surface area contributed by atoms with Crippen LogP contribution in [0, 0.1) is 5.92 Å². The largest absolute Gasteiger partial charge is 0.507 e. The predicted molar refractivity (Wildman–Crippen MR) is 75.6 cm³/mol. The van der Waals surface area contributed by atoms with Crippen LogP contribution in [0.5, 0.6) is 5.75 Å². The average Bonchev–Trinajstić information content (AvgIpc) is 2.39. The van der Waals surface area contributed by atoms with Gasteiger partial charge in [0.1, 0.15) is 5.75 Å². The first kappa shape index (κ1) is 14.2. The SMILES string of the molecule is CC(O)c1ccc(N(C)CC2CCCOC2)cc1O. The fourth-order valence-electron chi connectivity index (χ4n) is 2.57. The van der Waals surface area contributed by atoms with Crippen LogP contribution in [0.3, 0.4) is 0 Å². The summed E-state index contributed by atoms with van der Waals surface area (Å²) in [6.45, 7) is 4.28. The highest BCUT2D eigenvalue weighted by Gasteiger charge is 2.17. The summed E-state index contributed by atoms with van der Waals surface area (Å²) in [4.78, 5) is 2.13. The Morgan fingerprint density at radius 3 is 2.84 bits per heavy atom. The highest BCUT2D eigenvalue weighted by molar-refractivity contribution is 5.53. The summed E-state index contributed by atoms with van der Waals surface area (Å²) >= 11 is 0. The number of hydrogen-bond acceptors (Lipinski definition) is 4. The Morgan fingerprint density at radius 2 is 2.26 bits per heavy atom. The van der Waals surface area contributed by atoms with Gasteiger partial charge in [-0.15, -0.1) is 0 Å². The fraction of sp³-hybridized carbons (Fsp3) is 0.600. The third-order valence-corrected chi connectivity index (χ3v) is 3.69. The first-order valence-electron chi connectivity index (χ1n) is 6.88. The van der Waals surface area contributed by atoms with Crippen molar-refractivity contribution >= 4 is 5.69 Å². The van der Waals surface area contributed by atoms with Crippen molar-refractivity contribution in [1.82, 2.24) is 0 Å². The lowest BCUT2D eigenvalue weighted by Gasteiger charge is -2.28. The maximum Gasteiger partial charge on any atom is 0.123 e. The average molecular weight is 265 g/mol. The van der Waals surface area contributed by atoms with Gasteiger partial charge in [-0.1, -0.05) is 6.07 Å². The zero-order valence-electron chi connectivity index (χ0n) is 11.7. The van der Waals surface area contributed by atoms with Gasteiger partial charge in [0.25, 0.3) is 0 Å². The molecule has 1 aromatic rings. The van der Waals surface area contributed by atoms with Crippen molar-refractivity contribution in [2.45, 2.75) is 25.9 Å². The Balaban J connectivity index is 2.02. The van der Waals surface area contributed by atoms with E-state index >= 15 is 0 Å². The molecule has 19 heavy (non-hydrogen) atoms. The molecule has 1 heterocycles. The van der Waals surface area contributed by atoms with Crippen molar-refractivity contribution in [3.63, 3.8) is 0 Å². The van der Waals surface area contributed by atoms with Gasteiger partial charge in [-0.25, -0.2) is 0 Å². The van der Waals surface area contributed by atoms with E-state index in [4.69, 9.17) is 4.74 Å². The molecule has 1 fully saturated rings. The van der Waals surface area contributed by atoms with Crippen LogP contribution >= 0.6 is 0 Å². The summed E-state index contributed by atoms with van der Waals surface area (Å²) in [6, 6.07) is 5.43. The van der Waals surface area contributed by atoms with Crippen LogP contribution in [-0.4, -0.2) is 37.0 Å². The van der Waals surface area contributed by atoms with Crippen LogP contribution in [-0.2, 0) is 4.74 Å². The third-order valence-electron chi connectivity index (χ3n) is 3.69. The van der Waals surface area contributed by atoms with Gasteiger partial charge in [-0.05, 0) is 31.7 Å². The quantitative estimate of drug-likeness (QED) is 0.877. The number of aliphatic hydroxyl groups is 1. The lowest BCUT2D eigenvalue weighted by Crippen LogP contribution is -2.30. The number of ether oxygens (including phenoxy) is 1. The molecule has 2 rings (SSSR count). The topological polar surface area (TPSA) is 52.9 Å². The van der Waals surface area contributed by atoms with E-state index in [1.54, 1.807) is 19.1 Å². The minimum Gasteiger partial charge on any atom is -0.507 e. The number of anilines is 1. The monoisotopic (exact) mass is 265 g/mol. The second kappa shape index (κ2) is 6.26. The molecule has 1 saturated heterocycles. The molecule has 0 amide bonds. The van der Waals surface area contributed by atoms with Crippen molar-refractivity contribution in [1.29, 1.82) is 0 Å². The fourth-order valence-corrected chi connectivity index (χ4v) is 2.57. The van der Waals surface area contributed by atoms with Crippen LogP contribution in [0.2, 0.25) is 0 Å². The van der Waals surface area contributed by atoms with Crippen LogP contribution in [0.25, 0.3) is 0 Å². The molecule has 1 aromatic carbocycles. The van der Waals surface area contributed by atoms with Gasteiger partial charge >= 0.3 is 0 Å². The molecule has 4 nitrogen and oxygen atoms in total. The molecular weight excluding hydrogens is 242 g/mol. The number of aliphatic hydroxyl groups excluding tert-OH is 1. The second-order valence-corrected chi connectivity index (χ2v) is 5.38. The van der Waals surface area contributed by atoms with Gasteiger partial charge in [-0.2, -0.15) is 0 Å². The minimum atomic E-state index is -0.647. The smallest absolute Gasteiger partial charge is 0.123 e. The molecule has 0 bridgehead atoms. The third kappa shape index (κ3) is 3.61. The maximum atomic E-state index is 9.91. The Bertz CT molecular complexity index is 414. The normalized spacial score (nSPS) is 21.1. The zero-order valence-corrected chi connectivity index (χ0v) is 11.7. The van der Waals surface area contributed by atoms with Gasteiger partial charge < -0.3 is 19.8 Å². The Kier molecular flexibility index (Phi) is 4.66. The number of phenolic OH excluding ortho intramolecular Hbond substituents is 1. The Labute approximate surface area is 114 Å². The molecule has 0 aromatic heterocycles. The highest BCUT2D eigenvalue weighted by Crippen LogP contribution is 2.29. The van der Waals surface area contributed by atoms with Gasteiger partial charge in [0.15, 0.2) is 0 Å². The van der Waals surface area contributed by atoms with Crippen molar-refractivity contribution in [2.24, 2.45) is 5.92 Å². The Morgan fingerprint density at radius 1 is 1.47 bits per heavy atom. The summed E-state index contributed by atoms with van der Waals surface area (Å²) in [6.07, 6.45) is 1.68. The van der Waals surface area contributed by atoms with E-state index in [-0.39, 0.29) is 5.75 Å². The van der Waals surface area contributed by atoms with E-state index in [0.717, 1.165) is 31.9 Å². The van der Waals surface area contributed by atoms with Gasteiger partial charge in [0, 0.05) is 37.5 Å². The number of aromatic hydroxyl groups is 1. The molecule has 2 N–H and O–H groups in total. The van der Waals surface area contributed by atoms with Crippen LogP contribution < -0.4 is 4.90 Å². The van der Waals surface area contributed by atoms with Gasteiger partial charge in [0.2, 0.25) is 0 Å². The lowest BCUT2D eigenvalue weighted by atomic mass is 10.0. The molecule has 0 aliphatic carbocycles. The summed E-state index contributed by atoms with van der Waals surface area (Å²) in [7, 11) is 2.02. The number of nitrogens with zero attached hydrogens (tertiary/aromatic N) is 1. The maximum absolute atomic E-state index is 9.91. The van der Waals surface area contributed by atoms with Gasteiger partial charge in [-0.3, -0.25) is 0 Å². The van der Waals surface area contributed by atoms with Crippen molar-refractivity contribution in [3.05, 3.63) is 23.8 Å². The first-order chi connectivity index (χ1) is 9.08. The van der Waals surface area contributed by atoms with E-state index in [9.17, 15) is 10.2 Å². The first-order valence-corrected chi connectivity index (χ1v) is 6.88. The van der Waals surface area contributed by atoms with E-state index in [1.165, 1.54) is 6.42 Å². The van der Waals surface area contributed by atoms with Crippen LogP contribution in [0.4, 0.5) is 5.69 Å². The second-order valence-electron chi connectivity index (χ2n) is 5.38. The summed E-state index contributed by atoms with van der Waals surface area (Å²) < 4.78 is 5.48. The molecule has 0 saturated carbocycles. The van der Waals surface area contributed by atoms with E-state index < -0.39 is 6.10 Å². The number of rotatable bonds is 4. The summed E-state index contributed by atoms with van der Waals surface area (Å²) in [5.74, 6) is 0.705. The molecule has 0 spiro atoms. The molecular formula is C15H23NO3.